The molecule has 0 aliphatic heterocycles. The molecule has 0 amide bonds. The van der Waals surface area contributed by atoms with Crippen LogP contribution in [0.3, 0.4) is 0 Å². The standard InChI is InChI=1S/C26H28N6/c1-5-7-10-18(4)28-20-14-19(15-27-16-20)17(3)13-21-22(6-2)31-32-25(21)26-29-23-11-8-9-12-24(23)30-26/h6,8-9,11-16,28,31H,3-5,7,10H2,1-2H3,(H,29,30)/b21-13+,22-6+. The third kappa shape index (κ3) is 4.54. The molecule has 32 heavy (non-hydrogen) atoms. The van der Waals surface area contributed by atoms with Gasteiger partial charge in [0, 0.05) is 22.7 Å². The van der Waals surface area contributed by atoms with Gasteiger partial charge in [-0.2, -0.15) is 5.10 Å². The highest BCUT2D eigenvalue weighted by Crippen LogP contribution is 2.20. The second-order valence-electron chi connectivity index (χ2n) is 7.75. The number of hydrogen-bond acceptors (Lipinski definition) is 4. The summed E-state index contributed by atoms with van der Waals surface area (Å²) in [4.78, 5) is 12.5. The summed E-state index contributed by atoms with van der Waals surface area (Å²) in [7, 11) is 0. The van der Waals surface area contributed by atoms with Crippen LogP contribution in [0.15, 0.2) is 61.6 Å². The second kappa shape index (κ2) is 9.47. The van der Waals surface area contributed by atoms with Gasteiger partial charge in [-0.25, -0.2) is 4.98 Å². The van der Waals surface area contributed by atoms with Crippen LogP contribution in [0.4, 0.5) is 5.69 Å². The number of aromatic nitrogens is 5. The topological polar surface area (TPSA) is 82.3 Å². The minimum absolute atomic E-state index is 0.718. The highest BCUT2D eigenvalue weighted by Gasteiger charge is 2.11. The van der Waals surface area contributed by atoms with Crippen molar-refractivity contribution in [2.24, 2.45) is 0 Å². The SMILES string of the molecule is C=C(CCCC)Nc1cncc(C(=C)/C=c2/c(-c3nc4ccccc4[nH]3)n[nH]/c2=C/C)c1. The Hall–Kier alpha value is -3.93. The number of allylic oxidation sites excluding steroid dienone is 2. The van der Waals surface area contributed by atoms with Gasteiger partial charge in [-0.3, -0.25) is 10.1 Å². The van der Waals surface area contributed by atoms with Gasteiger partial charge in [-0.15, -0.1) is 0 Å². The van der Waals surface area contributed by atoms with E-state index in [0.717, 1.165) is 74.9 Å². The van der Waals surface area contributed by atoms with E-state index in [4.69, 9.17) is 4.98 Å². The maximum Gasteiger partial charge on any atom is 0.159 e. The summed E-state index contributed by atoms with van der Waals surface area (Å²) in [5.41, 5.74) is 6.30. The minimum atomic E-state index is 0.718. The zero-order valence-electron chi connectivity index (χ0n) is 18.6. The Bertz CT molecular complexity index is 1360. The number of H-pyrrole nitrogens is 2. The highest BCUT2D eigenvalue weighted by molar-refractivity contribution is 5.89. The van der Waals surface area contributed by atoms with E-state index < -0.39 is 0 Å². The molecule has 0 saturated heterocycles. The first kappa shape index (κ1) is 21.3. The number of anilines is 1. The van der Waals surface area contributed by atoms with Crippen LogP contribution in [-0.2, 0) is 0 Å². The highest BCUT2D eigenvalue weighted by atomic mass is 15.1. The average molecular weight is 425 g/mol. The van der Waals surface area contributed by atoms with Crippen LogP contribution >= 0.6 is 0 Å². The normalized spacial score (nSPS) is 12.4. The molecular formula is C26H28N6. The van der Waals surface area contributed by atoms with Crippen LogP contribution in [0.1, 0.15) is 38.7 Å². The van der Waals surface area contributed by atoms with E-state index in [1.165, 1.54) is 0 Å². The van der Waals surface area contributed by atoms with Gasteiger partial charge >= 0.3 is 0 Å². The number of rotatable bonds is 8. The molecule has 3 heterocycles. The molecule has 0 spiro atoms. The number of nitrogens with one attached hydrogen (secondary N) is 3. The van der Waals surface area contributed by atoms with Crippen molar-refractivity contribution in [1.82, 2.24) is 25.1 Å². The maximum absolute atomic E-state index is 4.71. The molecule has 6 nitrogen and oxygen atoms in total. The predicted octanol–water partition coefficient (Wildman–Crippen LogP) is 4.76. The summed E-state index contributed by atoms with van der Waals surface area (Å²) in [5, 5.41) is 12.8. The van der Waals surface area contributed by atoms with Crippen molar-refractivity contribution in [3.8, 4) is 11.5 Å². The fraction of sp³-hybridized carbons (Fsp3) is 0.192. The number of hydrogen-bond donors (Lipinski definition) is 3. The number of unbranched alkanes of at least 4 members (excludes halogenated alkanes) is 1. The summed E-state index contributed by atoms with van der Waals surface area (Å²) in [6.45, 7) is 12.6. The number of benzene rings is 1. The molecule has 3 aromatic heterocycles. The van der Waals surface area contributed by atoms with Gasteiger partial charge in [-0.1, -0.05) is 44.7 Å². The lowest BCUT2D eigenvalue weighted by Crippen LogP contribution is -2.23. The van der Waals surface area contributed by atoms with Gasteiger partial charge in [0.15, 0.2) is 5.82 Å². The van der Waals surface area contributed by atoms with Crippen LogP contribution in [0.5, 0.6) is 0 Å². The molecule has 6 heteroatoms. The minimum Gasteiger partial charge on any atom is -0.358 e. The molecule has 0 aliphatic rings. The molecule has 4 rings (SSSR count). The summed E-state index contributed by atoms with van der Waals surface area (Å²) >= 11 is 0. The van der Waals surface area contributed by atoms with Crippen molar-refractivity contribution in [1.29, 1.82) is 0 Å². The lowest BCUT2D eigenvalue weighted by Gasteiger charge is -2.10. The summed E-state index contributed by atoms with van der Waals surface area (Å²) in [6.07, 6.45) is 10.8. The zero-order valence-corrected chi connectivity index (χ0v) is 18.6. The Balaban J connectivity index is 1.68. The fourth-order valence-corrected chi connectivity index (χ4v) is 3.57. The Morgan fingerprint density at radius 2 is 2.03 bits per heavy atom. The van der Waals surface area contributed by atoms with E-state index in [1.54, 1.807) is 6.20 Å². The molecule has 0 unspecified atom stereocenters. The lowest BCUT2D eigenvalue weighted by atomic mass is 10.1. The van der Waals surface area contributed by atoms with Gasteiger partial charge in [0.25, 0.3) is 0 Å². The molecule has 0 aliphatic carbocycles. The number of pyridine rings is 1. The summed E-state index contributed by atoms with van der Waals surface area (Å²) < 4.78 is 0. The van der Waals surface area contributed by atoms with E-state index in [1.807, 2.05) is 55.6 Å². The third-order valence-electron chi connectivity index (χ3n) is 5.32. The monoisotopic (exact) mass is 424 g/mol. The largest absolute Gasteiger partial charge is 0.358 e. The summed E-state index contributed by atoms with van der Waals surface area (Å²) in [5.74, 6) is 0.718. The molecule has 0 radical (unpaired) electrons. The van der Waals surface area contributed by atoms with E-state index in [0.29, 0.717) is 0 Å². The Labute approximate surface area is 187 Å². The van der Waals surface area contributed by atoms with Gasteiger partial charge in [0.05, 0.1) is 28.3 Å². The van der Waals surface area contributed by atoms with Crippen molar-refractivity contribution in [3.05, 3.63) is 77.7 Å². The van der Waals surface area contributed by atoms with Gasteiger partial charge in [0.1, 0.15) is 5.69 Å². The first-order chi connectivity index (χ1) is 15.6. The lowest BCUT2D eigenvalue weighted by molar-refractivity contribution is 0.791. The van der Waals surface area contributed by atoms with E-state index in [-0.39, 0.29) is 0 Å². The van der Waals surface area contributed by atoms with Crippen molar-refractivity contribution in [2.75, 3.05) is 5.32 Å². The molecule has 4 aromatic rings. The van der Waals surface area contributed by atoms with Gasteiger partial charge in [0.2, 0.25) is 0 Å². The average Bonchev–Trinajstić information content (AvgIpc) is 3.41. The molecule has 0 bridgehead atoms. The van der Waals surface area contributed by atoms with E-state index >= 15 is 0 Å². The third-order valence-corrected chi connectivity index (χ3v) is 5.32. The maximum atomic E-state index is 4.71. The van der Waals surface area contributed by atoms with E-state index in [2.05, 4.69) is 45.6 Å². The molecular weight excluding hydrogens is 396 g/mol. The molecule has 162 valence electrons. The van der Waals surface area contributed by atoms with Crippen LogP contribution in [0.25, 0.3) is 40.3 Å². The zero-order chi connectivity index (χ0) is 22.5. The van der Waals surface area contributed by atoms with Crippen molar-refractivity contribution >= 4 is 34.4 Å². The quantitative estimate of drug-likeness (QED) is 0.381. The molecule has 0 atom stereocenters. The fourth-order valence-electron chi connectivity index (χ4n) is 3.57. The van der Waals surface area contributed by atoms with Crippen LogP contribution in [0.2, 0.25) is 0 Å². The number of imidazole rings is 1. The van der Waals surface area contributed by atoms with Gasteiger partial charge < -0.3 is 10.3 Å². The summed E-state index contributed by atoms with van der Waals surface area (Å²) in [6, 6.07) is 9.99. The number of nitrogens with zero attached hydrogens (tertiary/aromatic N) is 3. The first-order valence-corrected chi connectivity index (χ1v) is 10.9. The van der Waals surface area contributed by atoms with Crippen LogP contribution < -0.4 is 15.9 Å². The van der Waals surface area contributed by atoms with Crippen molar-refractivity contribution in [3.63, 3.8) is 0 Å². The molecule has 0 saturated carbocycles. The van der Waals surface area contributed by atoms with Crippen molar-refractivity contribution < 1.29 is 0 Å². The van der Waals surface area contributed by atoms with Gasteiger partial charge in [-0.05, 0) is 49.6 Å². The number of fused-ring (bicyclic) bond motifs is 1. The predicted molar refractivity (Wildman–Crippen MR) is 133 cm³/mol. The van der Waals surface area contributed by atoms with E-state index in [9.17, 15) is 0 Å². The molecule has 0 fully saturated rings. The van der Waals surface area contributed by atoms with Crippen molar-refractivity contribution in [2.45, 2.75) is 33.1 Å². The smallest absolute Gasteiger partial charge is 0.159 e. The Morgan fingerprint density at radius 1 is 1.19 bits per heavy atom. The molecule has 3 N–H and O–H groups in total. The van der Waals surface area contributed by atoms with Crippen LogP contribution in [0, 0.1) is 0 Å². The number of para-hydroxylation sites is 2. The first-order valence-electron chi connectivity index (χ1n) is 10.9. The molecule has 1 aromatic carbocycles. The van der Waals surface area contributed by atoms with Crippen LogP contribution in [-0.4, -0.2) is 25.1 Å². The Kier molecular flexibility index (Phi) is 6.31. The second-order valence-corrected chi connectivity index (χ2v) is 7.75. The number of aromatic amines is 2. The Morgan fingerprint density at radius 3 is 2.81 bits per heavy atom.